The largest absolute Gasteiger partial charge is 0.325 e. The van der Waals surface area contributed by atoms with Crippen molar-refractivity contribution in [3.05, 3.63) is 34.3 Å². The summed E-state index contributed by atoms with van der Waals surface area (Å²) in [7, 11) is 0. The number of anilines is 1. The quantitative estimate of drug-likeness (QED) is 0.877. The van der Waals surface area contributed by atoms with E-state index in [1.807, 2.05) is 20.8 Å². The van der Waals surface area contributed by atoms with Gasteiger partial charge in [0, 0.05) is 5.69 Å². The molecular formula is C14H17N3OS2. The fourth-order valence-electron chi connectivity index (χ4n) is 2.02. The third kappa shape index (κ3) is 3.58. The Kier molecular flexibility index (Phi) is 4.77. The summed E-state index contributed by atoms with van der Waals surface area (Å²) < 4.78 is 0.810. The normalized spacial score (nSPS) is 12.2. The maximum absolute atomic E-state index is 12.3. The van der Waals surface area contributed by atoms with Crippen LogP contribution in [0.1, 0.15) is 23.6 Å². The fraction of sp³-hybridized carbons (Fsp3) is 0.357. The number of thioether (sulfide) groups is 1. The summed E-state index contributed by atoms with van der Waals surface area (Å²) in [4.78, 5) is 12.3. The van der Waals surface area contributed by atoms with Crippen LogP contribution in [-0.4, -0.2) is 21.4 Å². The first kappa shape index (κ1) is 15.0. The Morgan fingerprint density at radius 1 is 1.30 bits per heavy atom. The number of aryl methyl sites for hydroxylation is 3. The summed E-state index contributed by atoms with van der Waals surface area (Å²) in [6.07, 6.45) is 0. The number of amides is 1. The number of carbonyl (C=O) groups is 1. The van der Waals surface area contributed by atoms with Crippen molar-refractivity contribution in [2.75, 3.05) is 5.32 Å². The molecule has 1 heterocycles. The number of hydrogen-bond acceptors (Lipinski definition) is 5. The highest BCUT2D eigenvalue weighted by molar-refractivity contribution is 8.02. The van der Waals surface area contributed by atoms with Gasteiger partial charge in [-0.1, -0.05) is 40.8 Å². The van der Waals surface area contributed by atoms with E-state index in [0.29, 0.717) is 0 Å². The molecule has 1 atom stereocenters. The lowest BCUT2D eigenvalue weighted by Crippen LogP contribution is -2.23. The number of aromatic nitrogens is 2. The summed E-state index contributed by atoms with van der Waals surface area (Å²) in [6, 6.07) is 4.15. The van der Waals surface area contributed by atoms with Gasteiger partial charge in [-0.25, -0.2) is 0 Å². The molecular weight excluding hydrogens is 290 g/mol. The molecule has 0 spiro atoms. The Bertz CT molecular complexity index is 588. The van der Waals surface area contributed by atoms with Gasteiger partial charge in [0.25, 0.3) is 0 Å². The van der Waals surface area contributed by atoms with Crippen molar-refractivity contribution in [1.82, 2.24) is 10.2 Å². The van der Waals surface area contributed by atoms with Crippen LogP contribution in [0.25, 0.3) is 0 Å². The molecule has 0 fully saturated rings. The Morgan fingerprint density at radius 2 is 1.95 bits per heavy atom. The molecule has 1 N–H and O–H groups in total. The van der Waals surface area contributed by atoms with Gasteiger partial charge in [0.2, 0.25) is 5.91 Å². The molecule has 1 aromatic heterocycles. The van der Waals surface area contributed by atoms with E-state index >= 15 is 0 Å². The zero-order valence-corrected chi connectivity index (χ0v) is 13.6. The number of carbonyl (C=O) groups excluding carboxylic acids is 1. The van der Waals surface area contributed by atoms with E-state index in [4.69, 9.17) is 0 Å². The van der Waals surface area contributed by atoms with Gasteiger partial charge in [-0.3, -0.25) is 4.79 Å². The lowest BCUT2D eigenvalue weighted by atomic mass is 10.1. The summed E-state index contributed by atoms with van der Waals surface area (Å²) in [5.41, 5.74) is 5.95. The first-order valence-electron chi connectivity index (χ1n) is 6.29. The highest BCUT2D eigenvalue weighted by atomic mass is 32.2. The average Bonchev–Trinajstić information content (AvgIpc) is 2.86. The Hall–Kier alpha value is -1.40. The summed E-state index contributed by atoms with van der Waals surface area (Å²) in [5, 5.41) is 10.5. The van der Waals surface area contributed by atoms with Gasteiger partial charge in [0.05, 0.1) is 5.25 Å². The Labute approximate surface area is 127 Å². The van der Waals surface area contributed by atoms with Crippen LogP contribution >= 0.6 is 23.1 Å². The van der Waals surface area contributed by atoms with Gasteiger partial charge in [-0.2, -0.15) is 0 Å². The van der Waals surface area contributed by atoms with Crippen LogP contribution in [0.3, 0.4) is 0 Å². The van der Waals surface area contributed by atoms with Crippen molar-refractivity contribution in [3.63, 3.8) is 0 Å². The van der Waals surface area contributed by atoms with E-state index in [9.17, 15) is 4.79 Å². The lowest BCUT2D eigenvalue weighted by molar-refractivity contribution is -0.115. The number of benzene rings is 1. The molecule has 1 amide bonds. The molecule has 106 valence electrons. The number of hydrogen-bond donors (Lipinski definition) is 1. The fourth-order valence-corrected chi connectivity index (χ4v) is 3.65. The van der Waals surface area contributed by atoms with E-state index in [-0.39, 0.29) is 11.2 Å². The molecule has 0 aliphatic rings. The summed E-state index contributed by atoms with van der Waals surface area (Å²) in [6.45, 7) is 7.95. The molecule has 0 saturated carbocycles. The van der Waals surface area contributed by atoms with Crippen LogP contribution in [0, 0.1) is 20.8 Å². The standard InChI is InChI=1S/C14H17N3OS2/c1-8-5-9(2)12(10(3)6-8)16-13(18)11(4)20-14-17-15-7-19-14/h5-7,11H,1-4H3,(H,16,18). The van der Waals surface area contributed by atoms with E-state index in [0.717, 1.165) is 21.2 Å². The van der Waals surface area contributed by atoms with Crippen molar-refractivity contribution < 1.29 is 4.79 Å². The van der Waals surface area contributed by atoms with Crippen LogP contribution in [-0.2, 0) is 4.79 Å². The summed E-state index contributed by atoms with van der Waals surface area (Å²) in [5.74, 6) is -0.0137. The highest BCUT2D eigenvalue weighted by Crippen LogP contribution is 2.27. The molecule has 2 rings (SSSR count). The second-order valence-corrected chi connectivity index (χ2v) is 7.15. The number of rotatable bonds is 4. The van der Waals surface area contributed by atoms with Gasteiger partial charge < -0.3 is 5.32 Å². The molecule has 0 aliphatic heterocycles. The first-order valence-corrected chi connectivity index (χ1v) is 8.05. The van der Waals surface area contributed by atoms with E-state index in [2.05, 4.69) is 34.6 Å². The van der Waals surface area contributed by atoms with E-state index in [1.165, 1.54) is 28.7 Å². The van der Waals surface area contributed by atoms with Crippen LogP contribution in [0.2, 0.25) is 0 Å². The average molecular weight is 307 g/mol. The molecule has 6 heteroatoms. The number of nitrogens with zero attached hydrogens (tertiary/aromatic N) is 2. The zero-order valence-electron chi connectivity index (χ0n) is 11.9. The molecule has 20 heavy (non-hydrogen) atoms. The Balaban J connectivity index is 2.08. The van der Waals surface area contributed by atoms with Crippen LogP contribution in [0.5, 0.6) is 0 Å². The molecule has 2 aromatic rings. The van der Waals surface area contributed by atoms with Crippen LogP contribution < -0.4 is 5.32 Å². The van der Waals surface area contributed by atoms with E-state index in [1.54, 1.807) is 5.51 Å². The van der Waals surface area contributed by atoms with Gasteiger partial charge in [-0.15, -0.1) is 10.2 Å². The minimum absolute atomic E-state index is 0.0137. The molecule has 1 unspecified atom stereocenters. The van der Waals surface area contributed by atoms with Crippen molar-refractivity contribution in [3.8, 4) is 0 Å². The van der Waals surface area contributed by atoms with Crippen molar-refractivity contribution in [1.29, 1.82) is 0 Å². The predicted molar refractivity (Wildman–Crippen MR) is 84.5 cm³/mol. The van der Waals surface area contributed by atoms with Crippen molar-refractivity contribution in [2.45, 2.75) is 37.3 Å². The topological polar surface area (TPSA) is 54.9 Å². The van der Waals surface area contributed by atoms with Gasteiger partial charge in [-0.05, 0) is 38.8 Å². The minimum Gasteiger partial charge on any atom is -0.325 e. The highest BCUT2D eigenvalue weighted by Gasteiger charge is 2.17. The lowest BCUT2D eigenvalue weighted by Gasteiger charge is -2.15. The van der Waals surface area contributed by atoms with Gasteiger partial charge in [0.15, 0.2) is 4.34 Å². The first-order chi connectivity index (χ1) is 9.47. The van der Waals surface area contributed by atoms with Crippen LogP contribution in [0.4, 0.5) is 5.69 Å². The molecule has 0 aliphatic carbocycles. The monoisotopic (exact) mass is 307 g/mol. The van der Waals surface area contributed by atoms with E-state index < -0.39 is 0 Å². The Morgan fingerprint density at radius 3 is 2.50 bits per heavy atom. The maximum atomic E-state index is 12.3. The zero-order chi connectivity index (χ0) is 14.7. The smallest absolute Gasteiger partial charge is 0.237 e. The van der Waals surface area contributed by atoms with Gasteiger partial charge in [0.1, 0.15) is 5.51 Å². The van der Waals surface area contributed by atoms with Gasteiger partial charge >= 0.3 is 0 Å². The summed E-state index contributed by atoms with van der Waals surface area (Å²) >= 11 is 2.87. The minimum atomic E-state index is -0.206. The molecule has 4 nitrogen and oxygen atoms in total. The van der Waals surface area contributed by atoms with Crippen molar-refractivity contribution in [2.24, 2.45) is 0 Å². The molecule has 0 radical (unpaired) electrons. The second-order valence-electron chi connectivity index (χ2n) is 4.73. The second kappa shape index (κ2) is 6.37. The maximum Gasteiger partial charge on any atom is 0.237 e. The van der Waals surface area contributed by atoms with Crippen molar-refractivity contribution >= 4 is 34.7 Å². The predicted octanol–water partition coefficient (Wildman–Crippen LogP) is 3.58. The molecule has 0 bridgehead atoms. The molecule has 1 aromatic carbocycles. The third-order valence-corrected chi connectivity index (χ3v) is 4.82. The SMILES string of the molecule is Cc1cc(C)c(NC(=O)C(C)Sc2nncs2)c(C)c1. The van der Waals surface area contributed by atoms with Crippen LogP contribution in [0.15, 0.2) is 22.0 Å². The molecule has 0 saturated heterocycles. The number of nitrogens with one attached hydrogen (secondary N) is 1. The third-order valence-electron chi connectivity index (χ3n) is 2.91.